The Balaban J connectivity index is 1.76. The standard InChI is InChI=1S/C15H11F3N4O/c16-15(17,18)10-3-1-2-9(4-10)5-20-14(23)12-6-19-8-13-11(12)7-21-22-13/h1-4,6-8H,5H2,(H,20,23)(H,21,22). The number of pyridine rings is 1. The first-order valence-corrected chi connectivity index (χ1v) is 6.66. The van der Waals surface area contributed by atoms with Crippen molar-refractivity contribution in [3.63, 3.8) is 0 Å². The van der Waals surface area contributed by atoms with Crippen molar-refractivity contribution in [2.75, 3.05) is 0 Å². The highest BCUT2D eigenvalue weighted by Crippen LogP contribution is 2.29. The first-order chi connectivity index (χ1) is 10.9. The molecule has 5 nitrogen and oxygen atoms in total. The SMILES string of the molecule is O=C(NCc1cccc(C(F)(F)F)c1)c1cncc2[nH]ncc12. The molecule has 0 aliphatic carbocycles. The number of hydrogen-bond donors (Lipinski definition) is 2. The maximum atomic E-state index is 12.7. The summed E-state index contributed by atoms with van der Waals surface area (Å²) in [4.78, 5) is 16.1. The first kappa shape index (κ1) is 15.0. The van der Waals surface area contributed by atoms with E-state index in [0.29, 0.717) is 22.0 Å². The molecule has 23 heavy (non-hydrogen) atoms. The molecule has 0 atom stereocenters. The molecule has 2 heterocycles. The van der Waals surface area contributed by atoms with Crippen molar-refractivity contribution in [2.45, 2.75) is 12.7 Å². The topological polar surface area (TPSA) is 70.7 Å². The summed E-state index contributed by atoms with van der Waals surface area (Å²) in [5, 5.41) is 9.71. The van der Waals surface area contributed by atoms with Gasteiger partial charge in [0.25, 0.3) is 5.91 Å². The fraction of sp³-hybridized carbons (Fsp3) is 0.133. The molecule has 3 aromatic rings. The number of fused-ring (bicyclic) bond motifs is 1. The maximum Gasteiger partial charge on any atom is 0.416 e. The molecule has 1 aromatic carbocycles. The van der Waals surface area contributed by atoms with Gasteiger partial charge in [-0.15, -0.1) is 0 Å². The van der Waals surface area contributed by atoms with Crippen LogP contribution in [0.1, 0.15) is 21.5 Å². The molecule has 0 aliphatic rings. The minimum Gasteiger partial charge on any atom is -0.348 e. The predicted octanol–water partition coefficient (Wildman–Crippen LogP) is 2.91. The number of aromatic nitrogens is 3. The van der Waals surface area contributed by atoms with Crippen LogP contribution in [0.3, 0.4) is 0 Å². The van der Waals surface area contributed by atoms with Gasteiger partial charge in [-0.05, 0) is 17.7 Å². The van der Waals surface area contributed by atoms with Gasteiger partial charge in [-0.2, -0.15) is 18.3 Å². The fourth-order valence-corrected chi connectivity index (χ4v) is 2.18. The van der Waals surface area contributed by atoms with E-state index in [9.17, 15) is 18.0 Å². The Hall–Kier alpha value is -2.90. The third-order valence-corrected chi connectivity index (χ3v) is 3.32. The van der Waals surface area contributed by atoms with Gasteiger partial charge in [0, 0.05) is 18.1 Å². The van der Waals surface area contributed by atoms with Crippen molar-refractivity contribution in [3.8, 4) is 0 Å². The van der Waals surface area contributed by atoms with Gasteiger partial charge in [0.1, 0.15) is 0 Å². The number of benzene rings is 1. The molecule has 0 aliphatic heterocycles. The fourth-order valence-electron chi connectivity index (χ4n) is 2.18. The largest absolute Gasteiger partial charge is 0.416 e. The van der Waals surface area contributed by atoms with Crippen molar-refractivity contribution in [1.29, 1.82) is 0 Å². The highest BCUT2D eigenvalue weighted by molar-refractivity contribution is 6.05. The number of nitrogens with one attached hydrogen (secondary N) is 2. The number of aromatic amines is 1. The third-order valence-electron chi connectivity index (χ3n) is 3.32. The van der Waals surface area contributed by atoms with Gasteiger partial charge in [-0.1, -0.05) is 12.1 Å². The molecule has 2 aromatic heterocycles. The van der Waals surface area contributed by atoms with Crippen molar-refractivity contribution in [1.82, 2.24) is 20.5 Å². The van der Waals surface area contributed by atoms with Gasteiger partial charge in [0.15, 0.2) is 0 Å². The smallest absolute Gasteiger partial charge is 0.348 e. The molecule has 3 rings (SSSR count). The predicted molar refractivity (Wildman–Crippen MR) is 76.5 cm³/mol. The number of halogens is 3. The summed E-state index contributed by atoms with van der Waals surface area (Å²) in [5.74, 6) is -0.429. The molecule has 0 unspecified atom stereocenters. The van der Waals surface area contributed by atoms with E-state index in [0.717, 1.165) is 12.1 Å². The molecule has 2 N–H and O–H groups in total. The Labute approximate surface area is 128 Å². The summed E-state index contributed by atoms with van der Waals surface area (Å²) in [6, 6.07) is 4.83. The van der Waals surface area contributed by atoms with Crippen LogP contribution in [0.2, 0.25) is 0 Å². The number of alkyl halides is 3. The number of nitrogens with zero attached hydrogens (tertiary/aromatic N) is 2. The molecule has 8 heteroatoms. The normalized spacial score (nSPS) is 11.6. The van der Waals surface area contributed by atoms with Crippen LogP contribution < -0.4 is 5.32 Å². The average molecular weight is 320 g/mol. The summed E-state index contributed by atoms with van der Waals surface area (Å²) in [6.45, 7) is -0.0169. The number of hydrogen-bond acceptors (Lipinski definition) is 3. The van der Waals surface area contributed by atoms with Crippen LogP contribution in [-0.2, 0) is 12.7 Å². The Bertz CT molecular complexity index is 857. The number of carbonyl (C=O) groups is 1. The van der Waals surface area contributed by atoms with E-state index < -0.39 is 17.6 Å². The zero-order valence-electron chi connectivity index (χ0n) is 11.7. The third kappa shape index (κ3) is 3.15. The van der Waals surface area contributed by atoms with E-state index in [1.54, 1.807) is 0 Å². The zero-order chi connectivity index (χ0) is 16.4. The monoisotopic (exact) mass is 320 g/mol. The average Bonchev–Trinajstić information content (AvgIpc) is 3.00. The second-order valence-electron chi connectivity index (χ2n) is 4.90. The summed E-state index contributed by atoms with van der Waals surface area (Å²) in [6.07, 6.45) is 0.00771. The lowest BCUT2D eigenvalue weighted by molar-refractivity contribution is -0.137. The minimum absolute atomic E-state index is 0.0169. The quantitative estimate of drug-likeness (QED) is 0.779. The summed E-state index contributed by atoms with van der Waals surface area (Å²) >= 11 is 0. The Morgan fingerprint density at radius 3 is 2.83 bits per heavy atom. The number of rotatable bonds is 3. The van der Waals surface area contributed by atoms with Crippen molar-refractivity contribution in [3.05, 3.63) is 59.5 Å². The van der Waals surface area contributed by atoms with E-state index in [2.05, 4.69) is 20.5 Å². The summed E-state index contributed by atoms with van der Waals surface area (Å²) < 4.78 is 38.0. The number of carbonyl (C=O) groups excluding carboxylic acids is 1. The van der Waals surface area contributed by atoms with E-state index >= 15 is 0 Å². The second kappa shape index (κ2) is 5.71. The van der Waals surface area contributed by atoms with Gasteiger partial charge < -0.3 is 5.32 Å². The van der Waals surface area contributed by atoms with Crippen LogP contribution in [0.15, 0.2) is 42.9 Å². The van der Waals surface area contributed by atoms with Crippen LogP contribution in [-0.4, -0.2) is 21.1 Å². The van der Waals surface area contributed by atoms with Crippen LogP contribution >= 0.6 is 0 Å². The van der Waals surface area contributed by atoms with Crippen LogP contribution in [0.5, 0.6) is 0 Å². The van der Waals surface area contributed by atoms with Gasteiger partial charge >= 0.3 is 6.18 Å². The first-order valence-electron chi connectivity index (χ1n) is 6.66. The molecule has 1 amide bonds. The molecule has 0 saturated carbocycles. The van der Waals surface area contributed by atoms with E-state index in [1.807, 2.05) is 0 Å². The molecule has 118 valence electrons. The van der Waals surface area contributed by atoms with E-state index in [-0.39, 0.29) is 6.54 Å². The Kier molecular flexibility index (Phi) is 3.73. The Morgan fingerprint density at radius 2 is 2.04 bits per heavy atom. The van der Waals surface area contributed by atoms with Crippen molar-refractivity contribution >= 4 is 16.8 Å². The van der Waals surface area contributed by atoms with Crippen LogP contribution in [0, 0.1) is 0 Å². The van der Waals surface area contributed by atoms with E-state index in [1.165, 1.54) is 30.7 Å². The van der Waals surface area contributed by atoms with Gasteiger partial charge in [0.2, 0.25) is 0 Å². The lowest BCUT2D eigenvalue weighted by Gasteiger charge is -2.10. The van der Waals surface area contributed by atoms with Gasteiger partial charge in [-0.25, -0.2) is 0 Å². The minimum atomic E-state index is -4.41. The highest BCUT2D eigenvalue weighted by atomic mass is 19.4. The van der Waals surface area contributed by atoms with Crippen molar-refractivity contribution in [2.24, 2.45) is 0 Å². The number of amides is 1. The molecular weight excluding hydrogens is 309 g/mol. The molecule has 0 spiro atoms. The van der Waals surface area contributed by atoms with Crippen LogP contribution in [0.25, 0.3) is 10.9 Å². The summed E-state index contributed by atoms with van der Waals surface area (Å²) in [7, 11) is 0. The molecule has 0 fully saturated rings. The number of H-pyrrole nitrogens is 1. The second-order valence-corrected chi connectivity index (χ2v) is 4.90. The molecule has 0 saturated heterocycles. The molecular formula is C15H11F3N4O. The molecule has 0 radical (unpaired) electrons. The van der Waals surface area contributed by atoms with Gasteiger partial charge in [-0.3, -0.25) is 14.9 Å². The molecule has 0 bridgehead atoms. The lowest BCUT2D eigenvalue weighted by Crippen LogP contribution is -2.23. The van der Waals surface area contributed by atoms with E-state index in [4.69, 9.17) is 0 Å². The summed E-state index contributed by atoms with van der Waals surface area (Å²) in [5.41, 5.74) is 0.531. The Morgan fingerprint density at radius 1 is 1.22 bits per heavy atom. The van der Waals surface area contributed by atoms with Gasteiger partial charge in [0.05, 0.1) is 29.0 Å². The van der Waals surface area contributed by atoms with Crippen LogP contribution in [0.4, 0.5) is 13.2 Å². The zero-order valence-corrected chi connectivity index (χ0v) is 11.7. The lowest BCUT2D eigenvalue weighted by atomic mass is 10.1. The maximum absolute atomic E-state index is 12.7. The van der Waals surface area contributed by atoms with Crippen molar-refractivity contribution < 1.29 is 18.0 Å². The highest BCUT2D eigenvalue weighted by Gasteiger charge is 2.30.